The Bertz CT molecular complexity index is 927. The SMILES string of the molecule is O=C(Nc1ccc(Cl)c(F)c1)C1CCN(S(=O)(=O)c2ccc(Br)s2)CC1. The van der Waals surface area contributed by atoms with Crippen LogP contribution in [-0.4, -0.2) is 31.7 Å². The van der Waals surface area contributed by atoms with Crippen molar-refractivity contribution in [1.29, 1.82) is 0 Å². The first-order valence-electron chi connectivity index (χ1n) is 7.79. The fraction of sp³-hybridized carbons (Fsp3) is 0.312. The third-order valence-corrected chi connectivity index (χ3v) is 8.45. The third-order valence-electron chi connectivity index (χ3n) is 4.15. The Morgan fingerprint density at radius 3 is 2.54 bits per heavy atom. The first-order valence-corrected chi connectivity index (χ1v) is 11.2. The van der Waals surface area contributed by atoms with E-state index in [0.717, 1.165) is 21.2 Å². The summed E-state index contributed by atoms with van der Waals surface area (Å²) in [4.78, 5) is 12.4. The second-order valence-corrected chi connectivity index (χ2v) is 10.9. The molecule has 2 aromatic rings. The molecule has 0 spiro atoms. The summed E-state index contributed by atoms with van der Waals surface area (Å²) in [6, 6.07) is 7.33. The van der Waals surface area contributed by atoms with Crippen molar-refractivity contribution in [2.75, 3.05) is 18.4 Å². The Balaban J connectivity index is 1.61. The Morgan fingerprint density at radius 2 is 1.96 bits per heavy atom. The summed E-state index contributed by atoms with van der Waals surface area (Å²) in [5, 5.41) is 2.65. The first-order chi connectivity index (χ1) is 12.3. The largest absolute Gasteiger partial charge is 0.326 e. The summed E-state index contributed by atoms with van der Waals surface area (Å²) in [5.41, 5.74) is 0.329. The normalized spacial score (nSPS) is 16.6. The van der Waals surface area contributed by atoms with E-state index >= 15 is 0 Å². The number of hydrogen-bond donors (Lipinski definition) is 1. The Hall–Kier alpha value is -1.000. The number of carbonyl (C=O) groups is 1. The van der Waals surface area contributed by atoms with Gasteiger partial charge in [-0.3, -0.25) is 4.79 Å². The molecule has 1 saturated heterocycles. The van der Waals surface area contributed by atoms with E-state index in [2.05, 4.69) is 21.2 Å². The van der Waals surface area contributed by atoms with Crippen molar-refractivity contribution >= 4 is 60.5 Å². The molecule has 1 aromatic carbocycles. The maximum atomic E-state index is 13.5. The highest BCUT2D eigenvalue weighted by molar-refractivity contribution is 9.11. The molecule has 26 heavy (non-hydrogen) atoms. The highest BCUT2D eigenvalue weighted by Crippen LogP contribution is 2.31. The number of benzene rings is 1. The number of piperidine rings is 1. The molecule has 0 aliphatic carbocycles. The van der Waals surface area contributed by atoms with Crippen molar-refractivity contribution in [2.24, 2.45) is 5.92 Å². The molecule has 0 bridgehead atoms. The van der Waals surface area contributed by atoms with Gasteiger partial charge in [-0.25, -0.2) is 12.8 Å². The Morgan fingerprint density at radius 1 is 1.27 bits per heavy atom. The maximum absolute atomic E-state index is 13.5. The van der Waals surface area contributed by atoms with E-state index in [9.17, 15) is 17.6 Å². The summed E-state index contributed by atoms with van der Waals surface area (Å²) in [5.74, 6) is -1.18. The van der Waals surface area contributed by atoms with Gasteiger partial charge >= 0.3 is 0 Å². The van der Waals surface area contributed by atoms with E-state index in [1.165, 1.54) is 16.4 Å². The fourth-order valence-electron chi connectivity index (χ4n) is 2.74. The molecule has 5 nitrogen and oxygen atoms in total. The van der Waals surface area contributed by atoms with E-state index < -0.39 is 15.8 Å². The van der Waals surface area contributed by atoms with Crippen LogP contribution in [0.2, 0.25) is 5.02 Å². The summed E-state index contributed by atoms with van der Waals surface area (Å²) in [6.07, 6.45) is 0.821. The quantitative estimate of drug-likeness (QED) is 0.706. The minimum Gasteiger partial charge on any atom is -0.326 e. The number of carbonyl (C=O) groups excluding carboxylic acids is 1. The van der Waals surface area contributed by atoms with Crippen molar-refractivity contribution in [3.05, 3.63) is 45.0 Å². The third kappa shape index (κ3) is 4.28. The number of sulfonamides is 1. The smallest absolute Gasteiger partial charge is 0.252 e. The minimum absolute atomic E-state index is 0.0123. The highest BCUT2D eigenvalue weighted by atomic mass is 79.9. The Kier molecular flexibility index (Phi) is 6.03. The monoisotopic (exact) mass is 480 g/mol. The topological polar surface area (TPSA) is 66.5 Å². The average Bonchev–Trinajstić information content (AvgIpc) is 3.05. The van der Waals surface area contributed by atoms with Gasteiger partial charge in [-0.1, -0.05) is 11.6 Å². The molecular weight excluding hydrogens is 467 g/mol. The number of thiophene rings is 1. The van der Waals surface area contributed by atoms with E-state index in [4.69, 9.17) is 11.6 Å². The predicted molar refractivity (Wildman–Crippen MR) is 104 cm³/mol. The lowest BCUT2D eigenvalue weighted by Gasteiger charge is -2.30. The van der Waals surface area contributed by atoms with Crippen LogP contribution < -0.4 is 5.32 Å². The lowest BCUT2D eigenvalue weighted by molar-refractivity contribution is -0.120. The van der Waals surface area contributed by atoms with Crippen LogP contribution >= 0.6 is 38.9 Å². The maximum Gasteiger partial charge on any atom is 0.252 e. The molecule has 140 valence electrons. The molecule has 1 amide bonds. The van der Waals surface area contributed by atoms with Gasteiger partial charge in [0.1, 0.15) is 10.0 Å². The first kappa shape index (κ1) is 19.8. The molecule has 1 aromatic heterocycles. The van der Waals surface area contributed by atoms with Crippen molar-refractivity contribution in [2.45, 2.75) is 17.1 Å². The van der Waals surface area contributed by atoms with Gasteiger partial charge in [-0.15, -0.1) is 11.3 Å². The van der Waals surface area contributed by atoms with Gasteiger partial charge in [-0.05, 0) is 59.1 Å². The molecule has 1 N–H and O–H groups in total. The summed E-state index contributed by atoms with van der Waals surface area (Å²) >= 11 is 10.1. The molecule has 3 rings (SSSR count). The van der Waals surface area contributed by atoms with Gasteiger partial charge < -0.3 is 5.32 Å². The Labute approximate surface area is 168 Å². The van der Waals surface area contributed by atoms with Crippen molar-refractivity contribution in [3.63, 3.8) is 0 Å². The van der Waals surface area contributed by atoms with Gasteiger partial charge in [0, 0.05) is 24.7 Å². The van der Waals surface area contributed by atoms with Gasteiger partial charge in [-0.2, -0.15) is 4.31 Å². The van der Waals surface area contributed by atoms with Crippen LogP contribution in [0.25, 0.3) is 0 Å². The zero-order chi connectivity index (χ0) is 18.9. The van der Waals surface area contributed by atoms with E-state index in [-0.39, 0.29) is 34.1 Å². The van der Waals surface area contributed by atoms with Crippen molar-refractivity contribution < 1.29 is 17.6 Å². The fourth-order valence-corrected chi connectivity index (χ4v) is 6.49. The van der Waals surface area contributed by atoms with Gasteiger partial charge in [0.25, 0.3) is 10.0 Å². The van der Waals surface area contributed by atoms with Crippen molar-refractivity contribution in [3.8, 4) is 0 Å². The van der Waals surface area contributed by atoms with Gasteiger partial charge in [0.05, 0.1) is 8.81 Å². The van der Waals surface area contributed by atoms with Crippen LogP contribution in [0.3, 0.4) is 0 Å². The van der Waals surface area contributed by atoms with Crippen LogP contribution in [0.15, 0.2) is 38.3 Å². The number of hydrogen-bond acceptors (Lipinski definition) is 4. The molecule has 0 atom stereocenters. The summed E-state index contributed by atoms with van der Waals surface area (Å²) in [6.45, 7) is 0.538. The number of nitrogens with zero attached hydrogens (tertiary/aromatic N) is 1. The molecule has 2 heterocycles. The number of rotatable bonds is 4. The number of nitrogens with one attached hydrogen (secondary N) is 1. The van der Waals surface area contributed by atoms with Crippen LogP contribution in [0.1, 0.15) is 12.8 Å². The molecular formula is C16H15BrClFN2O3S2. The molecule has 1 aliphatic rings. The van der Waals surface area contributed by atoms with Crippen LogP contribution in [0, 0.1) is 11.7 Å². The molecule has 1 fully saturated rings. The van der Waals surface area contributed by atoms with Crippen LogP contribution in [-0.2, 0) is 14.8 Å². The van der Waals surface area contributed by atoms with E-state index in [1.54, 1.807) is 12.1 Å². The predicted octanol–water partition coefficient (Wildman–Crippen LogP) is 4.34. The average molecular weight is 482 g/mol. The zero-order valence-electron chi connectivity index (χ0n) is 13.4. The van der Waals surface area contributed by atoms with Crippen LogP contribution in [0.4, 0.5) is 10.1 Å². The second-order valence-electron chi connectivity index (χ2n) is 5.86. The minimum atomic E-state index is -3.53. The molecule has 10 heteroatoms. The number of amides is 1. The van der Waals surface area contributed by atoms with Crippen LogP contribution in [0.5, 0.6) is 0 Å². The lowest BCUT2D eigenvalue weighted by atomic mass is 9.97. The van der Waals surface area contributed by atoms with E-state index in [0.29, 0.717) is 18.5 Å². The van der Waals surface area contributed by atoms with Crippen molar-refractivity contribution in [1.82, 2.24) is 4.31 Å². The number of halogens is 3. The highest BCUT2D eigenvalue weighted by Gasteiger charge is 2.32. The molecule has 1 aliphatic heterocycles. The van der Waals surface area contributed by atoms with Gasteiger partial charge in [0.15, 0.2) is 0 Å². The lowest BCUT2D eigenvalue weighted by Crippen LogP contribution is -2.41. The van der Waals surface area contributed by atoms with E-state index in [1.807, 2.05) is 0 Å². The summed E-state index contributed by atoms with van der Waals surface area (Å²) in [7, 11) is -3.53. The second kappa shape index (κ2) is 7.93. The zero-order valence-corrected chi connectivity index (χ0v) is 17.4. The molecule has 0 saturated carbocycles. The molecule has 0 unspecified atom stereocenters. The summed E-state index contributed by atoms with van der Waals surface area (Å²) < 4.78 is 41.1. The standard InChI is InChI=1S/C16H15BrClFN2O3S2/c17-14-3-4-15(25-14)26(23,24)21-7-5-10(6-8-21)16(22)20-11-1-2-12(18)13(19)9-11/h1-4,9-10H,5-8H2,(H,20,22). The molecule has 0 radical (unpaired) electrons. The van der Waals surface area contributed by atoms with Gasteiger partial charge in [0.2, 0.25) is 5.91 Å². The number of anilines is 1.